The number of nitro groups is 1. The molecule has 1 aliphatic rings. The highest BCUT2D eigenvalue weighted by Crippen LogP contribution is 2.39. The molecule has 0 N–H and O–H groups in total. The monoisotopic (exact) mass is 472 g/mol. The van der Waals surface area contributed by atoms with E-state index in [1.807, 2.05) is 0 Å². The smallest absolute Gasteiger partial charge is 0.416 e. The van der Waals surface area contributed by atoms with Gasteiger partial charge in [0.25, 0.3) is 0 Å². The minimum atomic E-state index is -4.77. The highest BCUT2D eigenvalue weighted by molar-refractivity contribution is 6.12. The fourth-order valence-electron chi connectivity index (χ4n) is 3.01. The number of hydrogen-bond acceptors (Lipinski definition) is 6. The van der Waals surface area contributed by atoms with Crippen molar-refractivity contribution in [3.63, 3.8) is 0 Å². The average molecular weight is 472 g/mol. The largest absolute Gasteiger partial charge is 0.449 e. The molecule has 4 rings (SSSR count). The van der Waals surface area contributed by atoms with E-state index in [-0.39, 0.29) is 22.9 Å². The standard InChI is InChI=1S/C23H12F4N2O5/c24-16-8-5-13(6-9-16)21-28-17(22(30)34-21)11-14-3-1-2-4-19(14)33-20-10-7-15(23(25,26)27)12-18(20)29(31)32/h1-12H/b17-11-. The van der Waals surface area contributed by atoms with E-state index in [0.717, 1.165) is 6.07 Å². The number of hydrogen-bond donors (Lipinski definition) is 0. The maximum absolute atomic E-state index is 13.1. The van der Waals surface area contributed by atoms with Crippen LogP contribution in [0.5, 0.6) is 11.5 Å². The van der Waals surface area contributed by atoms with Crippen molar-refractivity contribution in [1.29, 1.82) is 0 Å². The van der Waals surface area contributed by atoms with Gasteiger partial charge in [-0.15, -0.1) is 0 Å². The number of esters is 1. The van der Waals surface area contributed by atoms with Gasteiger partial charge in [0.05, 0.1) is 10.5 Å². The van der Waals surface area contributed by atoms with Crippen LogP contribution in [0.3, 0.4) is 0 Å². The van der Waals surface area contributed by atoms with Crippen molar-refractivity contribution in [3.8, 4) is 11.5 Å². The van der Waals surface area contributed by atoms with Crippen LogP contribution in [0.25, 0.3) is 6.08 Å². The molecule has 7 nitrogen and oxygen atoms in total. The highest BCUT2D eigenvalue weighted by Gasteiger charge is 2.33. The normalized spacial score (nSPS) is 14.6. The molecule has 0 spiro atoms. The van der Waals surface area contributed by atoms with Crippen LogP contribution in [-0.2, 0) is 15.7 Å². The van der Waals surface area contributed by atoms with Gasteiger partial charge in [0.1, 0.15) is 11.6 Å². The number of rotatable bonds is 5. The van der Waals surface area contributed by atoms with E-state index in [1.165, 1.54) is 48.5 Å². The second-order valence-electron chi connectivity index (χ2n) is 6.92. The summed E-state index contributed by atoms with van der Waals surface area (Å²) in [6.07, 6.45) is -3.47. The maximum atomic E-state index is 13.1. The number of carbonyl (C=O) groups excluding carboxylic acids is 1. The number of aliphatic imine (C=N–C) groups is 1. The fraction of sp³-hybridized carbons (Fsp3) is 0.0435. The van der Waals surface area contributed by atoms with E-state index in [2.05, 4.69) is 4.99 Å². The van der Waals surface area contributed by atoms with Gasteiger partial charge >= 0.3 is 17.8 Å². The van der Waals surface area contributed by atoms with Crippen molar-refractivity contribution in [2.75, 3.05) is 0 Å². The zero-order valence-electron chi connectivity index (χ0n) is 16.9. The lowest BCUT2D eigenvalue weighted by molar-refractivity contribution is -0.385. The molecule has 0 atom stereocenters. The SMILES string of the molecule is O=C1OC(c2ccc(F)cc2)=N/C1=C\c1ccccc1Oc1ccc(C(F)(F)F)cc1[N+](=O)[O-]. The molecule has 0 unspecified atom stereocenters. The van der Waals surface area contributed by atoms with Crippen LogP contribution in [0, 0.1) is 15.9 Å². The van der Waals surface area contributed by atoms with Gasteiger partial charge in [-0.05, 0) is 48.5 Å². The number of ether oxygens (including phenoxy) is 2. The van der Waals surface area contributed by atoms with Crippen molar-refractivity contribution < 1.29 is 36.8 Å². The van der Waals surface area contributed by atoms with Crippen LogP contribution in [-0.4, -0.2) is 16.8 Å². The lowest BCUT2D eigenvalue weighted by atomic mass is 10.1. The first kappa shape index (κ1) is 22.6. The molecule has 11 heteroatoms. The highest BCUT2D eigenvalue weighted by atomic mass is 19.4. The molecule has 1 heterocycles. The Bertz CT molecular complexity index is 1350. The molecule has 0 saturated carbocycles. The third-order valence-electron chi connectivity index (χ3n) is 4.63. The topological polar surface area (TPSA) is 91.0 Å². The van der Waals surface area contributed by atoms with Gasteiger partial charge < -0.3 is 9.47 Å². The molecule has 3 aromatic carbocycles. The Labute approximate surface area is 188 Å². The van der Waals surface area contributed by atoms with Gasteiger partial charge in [-0.1, -0.05) is 18.2 Å². The molecule has 34 heavy (non-hydrogen) atoms. The molecule has 0 aliphatic carbocycles. The quantitative estimate of drug-likeness (QED) is 0.152. The lowest BCUT2D eigenvalue weighted by Crippen LogP contribution is -2.06. The average Bonchev–Trinajstić information content (AvgIpc) is 3.15. The summed E-state index contributed by atoms with van der Waals surface area (Å²) in [5.41, 5.74) is -1.58. The third-order valence-corrected chi connectivity index (χ3v) is 4.63. The van der Waals surface area contributed by atoms with Crippen molar-refractivity contribution in [2.24, 2.45) is 4.99 Å². The summed E-state index contributed by atoms with van der Waals surface area (Å²) in [6.45, 7) is 0. The first-order valence-corrected chi connectivity index (χ1v) is 9.53. The van der Waals surface area contributed by atoms with E-state index >= 15 is 0 Å². The number of para-hydroxylation sites is 1. The van der Waals surface area contributed by atoms with Crippen LogP contribution in [0.1, 0.15) is 16.7 Å². The molecule has 0 fully saturated rings. The molecule has 3 aromatic rings. The van der Waals surface area contributed by atoms with Gasteiger partial charge in [0, 0.05) is 17.2 Å². The van der Waals surface area contributed by atoms with Crippen LogP contribution in [0.15, 0.2) is 77.4 Å². The predicted molar refractivity (Wildman–Crippen MR) is 112 cm³/mol. The third kappa shape index (κ3) is 4.77. The Kier molecular flexibility index (Phi) is 5.84. The van der Waals surface area contributed by atoms with Gasteiger partial charge in [0.15, 0.2) is 5.70 Å². The van der Waals surface area contributed by atoms with Crippen LogP contribution >= 0.6 is 0 Å². The number of carbonyl (C=O) groups is 1. The molecule has 0 aromatic heterocycles. The van der Waals surface area contributed by atoms with Crippen LogP contribution < -0.4 is 4.74 Å². The fourth-order valence-corrected chi connectivity index (χ4v) is 3.01. The van der Waals surface area contributed by atoms with Crippen LogP contribution in [0.2, 0.25) is 0 Å². The summed E-state index contributed by atoms with van der Waals surface area (Å²) in [7, 11) is 0. The Morgan fingerprint density at radius 1 is 1.00 bits per heavy atom. The Morgan fingerprint density at radius 3 is 2.38 bits per heavy atom. The molecule has 0 radical (unpaired) electrons. The minimum absolute atomic E-state index is 0.0242. The number of nitro benzene ring substituents is 1. The van der Waals surface area contributed by atoms with Crippen LogP contribution in [0.4, 0.5) is 23.2 Å². The second kappa shape index (κ2) is 8.77. The van der Waals surface area contributed by atoms with E-state index in [4.69, 9.17) is 9.47 Å². The molecule has 172 valence electrons. The van der Waals surface area contributed by atoms with Crippen molar-refractivity contribution in [3.05, 3.63) is 105 Å². The van der Waals surface area contributed by atoms with E-state index < -0.39 is 39.9 Å². The Balaban J connectivity index is 1.68. The summed E-state index contributed by atoms with van der Waals surface area (Å²) in [5.74, 6) is -1.72. The number of halogens is 4. The number of benzene rings is 3. The molecule has 1 aliphatic heterocycles. The first-order chi connectivity index (χ1) is 16.1. The molecular formula is C23H12F4N2O5. The second-order valence-corrected chi connectivity index (χ2v) is 6.92. The predicted octanol–water partition coefficient (Wildman–Crippen LogP) is 5.89. The molecule has 0 saturated heterocycles. The minimum Gasteiger partial charge on any atom is -0.449 e. The Hall–Kier alpha value is -4.54. The molecular weight excluding hydrogens is 460 g/mol. The van der Waals surface area contributed by atoms with Crippen molar-refractivity contribution >= 4 is 23.6 Å². The van der Waals surface area contributed by atoms with Crippen molar-refractivity contribution in [1.82, 2.24) is 0 Å². The van der Waals surface area contributed by atoms with E-state index in [9.17, 15) is 32.5 Å². The zero-order chi connectivity index (χ0) is 24.5. The summed E-state index contributed by atoms with van der Waals surface area (Å²) in [4.78, 5) is 26.7. The van der Waals surface area contributed by atoms with Gasteiger partial charge in [-0.2, -0.15) is 13.2 Å². The van der Waals surface area contributed by atoms with Gasteiger partial charge in [-0.25, -0.2) is 14.2 Å². The lowest BCUT2D eigenvalue weighted by Gasteiger charge is -2.11. The summed E-state index contributed by atoms with van der Waals surface area (Å²) in [5, 5.41) is 11.3. The van der Waals surface area contributed by atoms with E-state index in [0.29, 0.717) is 17.7 Å². The van der Waals surface area contributed by atoms with E-state index in [1.54, 1.807) is 6.07 Å². The Morgan fingerprint density at radius 2 is 1.71 bits per heavy atom. The van der Waals surface area contributed by atoms with Gasteiger partial charge in [-0.3, -0.25) is 10.1 Å². The van der Waals surface area contributed by atoms with Gasteiger partial charge in [0.2, 0.25) is 11.6 Å². The molecule has 0 amide bonds. The number of alkyl halides is 3. The number of cyclic esters (lactones) is 1. The summed E-state index contributed by atoms with van der Waals surface area (Å²) in [6, 6.07) is 13.0. The van der Waals surface area contributed by atoms with Crippen molar-refractivity contribution in [2.45, 2.75) is 6.18 Å². The number of nitrogens with zero attached hydrogens (tertiary/aromatic N) is 2. The summed E-state index contributed by atoms with van der Waals surface area (Å²) >= 11 is 0. The molecule has 0 bridgehead atoms. The zero-order valence-corrected chi connectivity index (χ0v) is 16.9. The summed E-state index contributed by atoms with van der Waals surface area (Å²) < 4.78 is 62.6. The maximum Gasteiger partial charge on any atom is 0.416 e. The first-order valence-electron chi connectivity index (χ1n) is 9.53.